The lowest BCUT2D eigenvalue weighted by molar-refractivity contribution is -0.384. The van der Waals surface area contributed by atoms with Crippen LogP contribution in [0.5, 0.6) is 0 Å². The van der Waals surface area contributed by atoms with Crippen LogP contribution in [0.2, 0.25) is 0 Å². The fourth-order valence-corrected chi connectivity index (χ4v) is 1.83. The Labute approximate surface area is 123 Å². The van der Waals surface area contributed by atoms with Gasteiger partial charge >= 0.3 is 0 Å². The Morgan fingerprint density at radius 3 is 2.62 bits per heavy atom. The van der Waals surface area contributed by atoms with Gasteiger partial charge in [0.1, 0.15) is 0 Å². The summed E-state index contributed by atoms with van der Waals surface area (Å²) in [6.07, 6.45) is 6.53. The van der Waals surface area contributed by atoms with Gasteiger partial charge in [0.05, 0.1) is 4.92 Å². The van der Waals surface area contributed by atoms with Crippen LogP contribution < -0.4 is 10.6 Å². The molecule has 2 N–H and O–H groups in total. The Bertz CT molecular complexity index is 521. The number of hydrogen-bond acceptors (Lipinski definition) is 4. The van der Waals surface area contributed by atoms with Crippen LogP contribution in [0.15, 0.2) is 30.3 Å². The molecule has 0 saturated heterocycles. The molecule has 0 atom stereocenters. The number of benzene rings is 1. The van der Waals surface area contributed by atoms with E-state index in [2.05, 4.69) is 10.6 Å². The van der Waals surface area contributed by atoms with E-state index in [0.717, 1.165) is 18.5 Å². The summed E-state index contributed by atoms with van der Waals surface area (Å²) >= 11 is 0. The molecule has 0 bridgehead atoms. The van der Waals surface area contributed by atoms with Gasteiger partial charge in [-0.3, -0.25) is 14.9 Å². The number of nitrogens with zero attached hydrogens (tertiary/aromatic N) is 1. The molecule has 6 heteroatoms. The van der Waals surface area contributed by atoms with Crippen molar-refractivity contribution in [3.05, 3.63) is 46.0 Å². The molecule has 112 valence electrons. The lowest BCUT2D eigenvalue weighted by Gasteiger charge is -2.03. The van der Waals surface area contributed by atoms with E-state index in [0.29, 0.717) is 12.6 Å². The maximum Gasteiger partial charge on any atom is 0.269 e. The topological polar surface area (TPSA) is 84.3 Å². The minimum atomic E-state index is -0.449. The summed E-state index contributed by atoms with van der Waals surface area (Å²) in [7, 11) is 0. The molecule has 0 aromatic heterocycles. The second-order valence-corrected chi connectivity index (χ2v) is 5.05. The molecule has 1 fully saturated rings. The van der Waals surface area contributed by atoms with Gasteiger partial charge in [-0.05, 0) is 49.6 Å². The minimum absolute atomic E-state index is 0.0414. The third-order valence-electron chi connectivity index (χ3n) is 3.19. The van der Waals surface area contributed by atoms with Crippen LogP contribution >= 0.6 is 0 Å². The van der Waals surface area contributed by atoms with E-state index in [9.17, 15) is 14.9 Å². The molecule has 1 aliphatic rings. The number of nitrogens with one attached hydrogen (secondary N) is 2. The van der Waals surface area contributed by atoms with E-state index in [1.54, 1.807) is 18.2 Å². The second kappa shape index (κ2) is 7.54. The zero-order chi connectivity index (χ0) is 15.1. The van der Waals surface area contributed by atoms with Gasteiger partial charge in [-0.15, -0.1) is 0 Å². The highest BCUT2D eigenvalue weighted by Crippen LogP contribution is 2.18. The largest absolute Gasteiger partial charge is 0.353 e. The van der Waals surface area contributed by atoms with Crippen molar-refractivity contribution in [3.63, 3.8) is 0 Å². The number of non-ortho nitro benzene ring substituents is 1. The van der Waals surface area contributed by atoms with Crippen molar-refractivity contribution in [3.8, 4) is 0 Å². The summed E-state index contributed by atoms with van der Waals surface area (Å²) in [6, 6.07) is 6.76. The number of rotatable bonds is 8. The van der Waals surface area contributed by atoms with Gasteiger partial charge in [-0.25, -0.2) is 0 Å². The SMILES string of the molecule is O=C(/C=C/c1ccc([N+](=O)[O-])cc1)NCCCNC1CC1. The Morgan fingerprint density at radius 1 is 1.29 bits per heavy atom. The average molecular weight is 289 g/mol. The van der Waals surface area contributed by atoms with Crippen molar-refractivity contribution in [2.24, 2.45) is 0 Å². The zero-order valence-corrected chi connectivity index (χ0v) is 11.7. The number of hydrogen-bond donors (Lipinski definition) is 2. The van der Waals surface area contributed by atoms with Crippen molar-refractivity contribution in [1.29, 1.82) is 0 Å². The van der Waals surface area contributed by atoms with Gasteiger partial charge in [0.2, 0.25) is 5.91 Å². The van der Waals surface area contributed by atoms with Crippen LogP contribution in [0.25, 0.3) is 6.08 Å². The minimum Gasteiger partial charge on any atom is -0.353 e. The first kappa shape index (κ1) is 15.2. The third-order valence-corrected chi connectivity index (χ3v) is 3.19. The van der Waals surface area contributed by atoms with E-state index in [1.807, 2.05) is 0 Å². The molecule has 0 spiro atoms. The van der Waals surface area contributed by atoms with Crippen LogP contribution in [0.4, 0.5) is 5.69 Å². The van der Waals surface area contributed by atoms with Crippen LogP contribution in [0.1, 0.15) is 24.8 Å². The van der Waals surface area contributed by atoms with Gasteiger partial charge in [-0.1, -0.05) is 0 Å². The highest BCUT2D eigenvalue weighted by molar-refractivity contribution is 5.91. The fraction of sp³-hybridized carbons (Fsp3) is 0.400. The molecule has 2 rings (SSSR count). The molecule has 1 aromatic carbocycles. The van der Waals surface area contributed by atoms with Crippen LogP contribution in [-0.4, -0.2) is 30.0 Å². The summed E-state index contributed by atoms with van der Waals surface area (Å²) in [5.74, 6) is -0.153. The quantitative estimate of drug-likeness (QED) is 0.331. The predicted molar refractivity (Wildman–Crippen MR) is 80.8 cm³/mol. The summed E-state index contributed by atoms with van der Waals surface area (Å²) in [4.78, 5) is 21.6. The number of amides is 1. The van der Waals surface area contributed by atoms with Crippen molar-refractivity contribution < 1.29 is 9.72 Å². The van der Waals surface area contributed by atoms with E-state index in [-0.39, 0.29) is 11.6 Å². The van der Waals surface area contributed by atoms with Gasteiger partial charge in [0.15, 0.2) is 0 Å². The third kappa shape index (κ3) is 5.74. The van der Waals surface area contributed by atoms with E-state index in [4.69, 9.17) is 0 Å². The van der Waals surface area contributed by atoms with Crippen molar-refractivity contribution in [1.82, 2.24) is 10.6 Å². The zero-order valence-electron chi connectivity index (χ0n) is 11.7. The molecular formula is C15H19N3O3. The van der Waals surface area contributed by atoms with Gasteiger partial charge in [0, 0.05) is 30.8 Å². The van der Waals surface area contributed by atoms with Gasteiger partial charge < -0.3 is 10.6 Å². The Morgan fingerprint density at radius 2 is 2.00 bits per heavy atom. The number of nitro benzene ring substituents is 1. The Kier molecular flexibility index (Phi) is 5.45. The lowest BCUT2D eigenvalue weighted by atomic mass is 10.2. The Balaban J connectivity index is 1.66. The monoisotopic (exact) mass is 289 g/mol. The molecule has 1 aromatic rings. The van der Waals surface area contributed by atoms with Crippen molar-refractivity contribution >= 4 is 17.7 Å². The first-order chi connectivity index (χ1) is 10.1. The second-order valence-electron chi connectivity index (χ2n) is 5.05. The first-order valence-electron chi connectivity index (χ1n) is 7.09. The van der Waals surface area contributed by atoms with E-state index < -0.39 is 4.92 Å². The van der Waals surface area contributed by atoms with Gasteiger partial charge in [-0.2, -0.15) is 0 Å². The van der Waals surface area contributed by atoms with Gasteiger partial charge in [0.25, 0.3) is 5.69 Å². The number of carbonyl (C=O) groups excluding carboxylic acids is 1. The number of nitro groups is 1. The standard InChI is InChI=1S/C15H19N3O3/c19-15(17-11-1-10-16-13-5-6-13)9-4-12-2-7-14(8-3-12)18(20)21/h2-4,7-9,13,16H,1,5-6,10-11H2,(H,17,19)/b9-4+. The van der Waals surface area contributed by atoms with E-state index >= 15 is 0 Å². The van der Waals surface area contributed by atoms with E-state index in [1.165, 1.54) is 31.1 Å². The smallest absolute Gasteiger partial charge is 0.269 e. The predicted octanol–water partition coefficient (Wildman–Crippen LogP) is 1.87. The number of carbonyl (C=O) groups is 1. The van der Waals surface area contributed by atoms with Crippen LogP contribution in [0.3, 0.4) is 0 Å². The highest BCUT2D eigenvalue weighted by atomic mass is 16.6. The maximum absolute atomic E-state index is 11.6. The molecule has 0 radical (unpaired) electrons. The van der Waals surface area contributed by atoms with Crippen LogP contribution in [0, 0.1) is 10.1 Å². The molecule has 1 amide bonds. The summed E-state index contributed by atoms with van der Waals surface area (Å²) in [5, 5.41) is 16.7. The molecule has 21 heavy (non-hydrogen) atoms. The molecular weight excluding hydrogens is 270 g/mol. The lowest BCUT2D eigenvalue weighted by Crippen LogP contribution is -2.26. The van der Waals surface area contributed by atoms with Crippen LogP contribution in [-0.2, 0) is 4.79 Å². The summed E-state index contributed by atoms with van der Waals surface area (Å²) in [5.41, 5.74) is 0.797. The first-order valence-corrected chi connectivity index (χ1v) is 7.09. The summed E-state index contributed by atoms with van der Waals surface area (Å²) < 4.78 is 0. The molecule has 0 heterocycles. The Hall–Kier alpha value is -2.21. The fourth-order valence-electron chi connectivity index (χ4n) is 1.83. The summed E-state index contributed by atoms with van der Waals surface area (Å²) in [6.45, 7) is 1.57. The van der Waals surface area contributed by atoms with Crippen molar-refractivity contribution in [2.75, 3.05) is 13.1 Å². The molecule has 1 saturated carbocycles. The molecule has 6 nitrogen and oxygen atoms in total. The molecule has 0 unspecified atom stereocenters. The van der Waals surface area contributed by atoms with Crippen molar-refractivity contribution in [2.45, 2.75) is 25.3 Å². The average Bonchev–Trinajstić information content (AvgIpc) is 3.29. The highest BCUT2D eigenvalue weighted by Gasteiger charge is 2.19. The maximum atomic E-state index is 11.6. The normalized spacial score (nSPS) is 14.3. The molecule has 1 aliphatic carbocycles. The molecule has 0 aliphatic heterocycles.